The summed E-state index contributed by atoms with van der Waals surface area (Å²) in [7, 11) is 1.58. The SMILES string of the molecule is CNc1cccc(C(=O)N2CCCC(CO)C2)c1[N+](=O)[O-]. The highest BCUT2D eigenvalue weighted by atomic mass is 16.6. The van der Waals surface area contributed by atoms with Crippen LogP contribution in [0, 0.1) is 16.0 Å². The molecule has 0 spiro atoms. The minimum atomic E-state index is -0.535. The van der Waals surface area contributed by atoms with Gasteiger partial charge in [-0.3, -0.25) is 14.9 Å². The average molecular weight is 293 g/mol. The van der Waals surface area contributed by atoms with Gasteiger partial charge < -0.3 is 15.3 Å². The second kappa shape index (κ2) is 6.53. The molecular weight excluding hydrogens is 274 g/mol. The number of aliphatic hydroxyl groups is 1. The van der Waals surface area contributed by atoms with Crippen LogP contribution in [0.1, 0.15) is 23.2 Å². The van der Waals surface area contributed by atoms with Gasteiger partial charge in [-0.25, -0.2) is 0 Å². The van der Waals surface area contributed by atoms with E-state index in [-0.39, 0.29) is 29.7 Å². The molecule has 1 atom stereocenters. The van der Waals surface area contributed by atoms with Gasteiger partial charge in [0.05, 0.1) is 4.92 Å². The number of rotatable bonds is 4. The van der Waals surface area contributed by atoms with Gasteiger partial charge in [0.25, 0.3) is 5.91 Å². The van der Waals surface area contributed by atoms with E-state index in [2.05, 4.69) is 5.32 Å². The lowest BCUT2D eigenvalue weighted by molar-refractivity contribution is -0.384. The molecule has 2 N–H and O–H groups in total. The number of amides is 1. The molecule has 1 amide bonds. The van der Waals surface area contributed by atoms with Crippen LogP contribution in [0.5, 0.6) is 0 Å². The highest BCUT2D eigenvalue weighted by Crippen LogP contribution is 2.30. The normalized spacial score (nSPS) is 18.4. The number of anilines is 1. The maximum atomic E-state index is 12.6. The number of nitro benzene ring substituents is 1. The first-order valence-electron chi connectivity index (χ1n) is 6.93. The third-order valence-corrected chi connectivity index (χ3v) is 3.78. The number of likely N-dealkylation sites (tertiary alicyclic amines) is 1. The van der Waals surface area contributed by atoms with Gasteiger partial charge >= 0.3 is 5.69 Å². The first-order valence-corrected chi connectivity index (χ1v) is 6.93. The quantitative estimate of drug-likeness (QED) is 0.647. The summed E-state index contributed by atoms with van der Waals surface area (Å²) in [5.41, 5.74) is 0.211. The predicted octanol–water partition coefficient (Wildman–Crippen LogP) is 1.48. The van der Waals surface area contributed by atoms with E-state index in [1.807, 2.05) is 0 Å². The first kappa shape index (κ1) is 15.2. The molecule has 1 aliphatic heterocycles. The molecule has 1 aliphatic rings. The van der Waals surface area contributed by atoms with E-state index >= 15 is 0 Å². The van der Waals surface area contributed by atoms with Crippen LogP contribution < -0.4 is 5.32 Å². The molecule has 0 aromatic heterocycles. The standard InChI is InChI=1S/C14H19N3O4/c1-15-12-6-2-5-11(13(12)17(20)21)14(19)16-7-3-4-10(8-16)9-18/h2,5-6,10,15,18H,3-4,7-9H2,1H3. The Labute approximate surface area is 122 Å². The van der Waals surface area contributed by atoms with E-state index in [0.717, 1.165) is 12.8 Å². The van der Waals surface area contributed by atoms with Crippen molar-refractivity contribution in [2.75, 3.05) is 32.1 Å². The number of aliphatic hydroxyl groups excluding tert-OH is 1. The van der Waals surface area contributed by atoms with Crippen molar-refractivity contribution in [3.63, 3.8) is 0 Å². The van der Waals surface area contributed by atoms with Gasteiger partial charge in [0.2, 0.25) is 0 Å². The number of carbonyl (C=O) groups is 1. The lowest BCUT2D eigenvalue weighted by Crippen LogP contribution is -2.41. The number of nitrogens with zero attached hydrogens (tertiary/aromatic N) is 2. The van der Waals surface area contributed by atoms with E-state index < -0.39 is 4.92 Å². The van der Waals surface area contributed by atoms with Gasteiger partial charge in [0.15, 0.2) is 0 Å². The van der Waals surface area contributed by atoms with Gasteiger partial charge in [0, 0.05) is 26.7 Å². The van der Waals surface area contributed by atoms with Gasteiger partial charge in [-0.15, -0.1) is 0 Å². The largest absolute Gasteiger partial charge is 0.396 e. The van der Waals surface area contributed by atoms with Gasteiger partial charge in [-0.1, -0.05) is 6.07 Å². The number of nitrogens with one attached hydrogen (secondary N) is 1. The van der Waals surface area contributed by atoms with Crippen LogP contribution in [0.4, 0.5) is 11.4 Å². The monoisotopic (exact) mass is 293 g/mol. The summed E-state index contributed by atoms with van der Waals surface area (Å²) in [4.78, 5) is 24.9. The van der Waals surface area contributed by atoms with Gasteiger partial charge in [-0.2, -0.15) is 0 Å². The lowest BCUT2D eigenvalue weighted by Gasteiger charge is -2.31. The van der Waals surface area contributed by atoms with Crippen LogP contribution in [0.15, 0.2) is 18.2 Å². The number of carbonyl (C=O) groups excluding carboxylic acids is 1. The van der Waals surface area contributed by atoms with Crippen molar-refractivity contribution >= 4 is 17.3 Å². The van der Waals surface area contributed by atoms with Gasteiger partial charge in [-0.05, 0) is 30.9 Å². The second-order valence-corrected chi connectivity index (χ2v) is 5.15. The third-order valence-electron chi connectivity index (χ3n) is 3.78. The van der Waals surface area contributed by atoms with Crippen molar-refractivity contribution < 1.29 is 14.8 Å². The van der Waals surface area contributed by atoms with E-state index in [4.69, 9.17) is 0 Å². The molecule has 2 rings (SSSR count). The summed E-state index contributed by atoms with van der Waals surface area (Å²) in [6.07, 6.45) is 1.68. The highest BCUT2D eigenvalue weighted by Gasteiger charge is 2.30. The van der Waals surface area contributed by atoms with Crippen LogP contribution in [-0.2, 0) is 0 Å². The maximum Gasteiger partial charge on any atom is 0.305 e. The summed E-state index contributed by atoms with van der Waals surface area (Å²) < 4.78 is 0. The van der Waals surface area contributed by atoms with E-state index in [9.17, 15) is 20.0 Å². The van der Waals surface area contributed by atoms with E-state index in [1.165, 1.54) is 6.07 Å². The number of nitro groups is 1. The molecule has 1 heterocycles. The van der Waals surface area contributed by atoms with E-state index in [0.29, 0.717) is 18.8 Å². The van der Waals surface area contributed by atoms with Crippen molar-refractivity contribution in [2.45, 2.75) is 12.8 Å². The molecule has 1 aromatic carbocycles. The van der Waals surface area contributed by atoms with Crippen molar-refractivity contribution in [1.82, 2.24) is 4.90 Å². The summed E-state index contributed by atoms with van der Waals surface area (Å²) in [6.45, 7) is 1.04. The maximum absolute atomic E-state index is 12.6. The molecule has 1 unspecified atom stereocenters. The van der Waals surface area contributed by atoms with Crippen LogP contribution in [0.25, 0.3) is 0 Å². The van der Waals surface area contributed by atoms with Crippen LogP contribution in [0.2, 0.25) is 0 Å². The molecule has 0 saturated carbocycles. The van der Waals surface area contributed by atoms with Crippen molar-refractivity contribution in [1.29, 1.82) is 0 Å². The highest BCUT2D eigenvalue weighted by molar-refractivity contribution is 6.00. The summed E-state index contributed by atoms with van der Waals surface area (Å²) in [6, 6.07) is 4.67. The zero-order valence-electron chi connectivity index (χ0n) is 11.9. The van der Waals surface area contributed by atoms with Crippen LogP contribution in [0.3, 0.4) is 0 Å². The Bertz CT molecular complexity index is 547. The fourth-order valence-electron chi connectivity index (χ4n) is 2.68. The molecule has 7 nitrogen and oxygen atoms in total. The Morgan fingerprint density at radius 3 is 2.95 bits per heavy atom. The van der Waals surface area contributed by atoms with Gasteiger partial charge in [0.1, 0.15) is 11.3 Å². The topological polar surface area (TPSA) is 95.7 Å². The molecule has 0 radical (unpaired) electrons. The third kappa shape index (κ3) is 3.13. The fraction of sp³-hybridized carbons (Fsp3) is 0.500. The number of hydrogen-bond acceptors (Lipinski definition) is 5. The minimum absolute atomic E-state index is 0.0302. The fourth-order valence-corrected chi connectivity index (χ4v) is 2.68. The molecule has 1 saturated heterocycles. The molecule has 0 bridgehead atoms. The van der Waals surface area contributed by atoms with Crippen molar-refractivity contribution in [2.24, 2.45) is 5.92 Å². The van der Waals surface area contributed by atoms with Crippen molar-refractivity contribution in [3.05, 3.63) is 33.9 Å². The molecule has 1 aromatic rings. The minimum Gasteiger partial charge on any atom is -0.396 e. The lowest BCUT2D eigenvalue weighted by atomic mass is 9.98. The molecule has 1 fully saturated rings. The Kier molecular flexibility index (Phi) is 4.74. The number of hydrogen-bond donors (Lipinski definition) is 2. The summed E-state index contributed by atoms with van der Waals surface area (Å²) in [5.74, 6) is -0.300. The number of piperidine rings is 1. The zero-order valence-corrected chi connectivity index (χ0v) is 11.9. The predicted molar refractivity (Wildman–Crippen MR) is 78.4 cm³/mol. The number of para-hydroxylation sites is 1. The summed E-state index contributed by atoms with van der Waals surface area (Å²) in [5, 5.41) is 23.2. The Hall–Kier alpha value is -2.15. The Morgan fingerprint density at radius 1 is 1.57 bits per heavy atom. The summed E-state index contributed by atoms with van der Waals surface area (Å²) >= 11 is 0. The molecule has 114 valence electrons. The van der Waals surface area contributed by atoms with E-state index in [1.54, 1.807) is 24.1 Å². The first-order chi connectivity index (χ1) is 10.1. The van der Waals surface area contributed by atoms with Crippen molar-refractivity contribution in [3.8, 4) is 0 Å². The molecular formula is C14H19N3O4. The Morgan fingerprint density at radius 2 is 2.33 bits per heavy atom. The average Bonchev–Trinajstić information content (AvgIpc) is 2.53. The van der Waals surface area contributed by atoms with Crippen LogP contribution >= 0.6 is 0 Å². The zero-order chi connectivity index (χ0) is 15.4. The Balaban J connectivity index is 2.32. The molecule has 21 heavy (non-hydrogen) atoms. The molecule has 0 aliphatic carbocycles. The second-order valence-electron chi connectivity index (χ2n) is 5.15. The van der Waals surface area contributed by atoms with Crippen LogP contribution in [-0.4, -0.2) is 47.6 Å². The molecule has 7 heteroatoms. The number of benzene rings is 1. The smallest absolute Gasteiger partial charge is 0.305 e.